The molecule has 4 nitrogen and oxygen atoms in total. The Labute approximate surface area is 97.1 Å². The van der Waals surface area contributed by atoms with E-state index in [9.17, 15) is 0 Å². The average Bonchev–Trinajstić information content (AvgIpc) is 2.26. The van der Waals surface area contributed by atoms with Gasteiger partial charge in [0.15, 0.2) is 0 Å². The normalized spacial score (nSPS) is 22.4. The van der Waals surface area contributed by atoms with E-state index >= 15 is 0 Å². The van der Waals surface area contributed by atoms with E-state index in [0.717, 1.165) is 36.7 Å². The third-order valence-corrected chi connectivity index (χ3v) is 3.42. The van der Waals surface area contributed by atoms with Gasteiger partial charge < -0.3 is 15.5 Å². The van der Waals surface area contributed by atoms with Gasteiger partial charge in [0.1, 0.15) is 5.82 Å². The van der Waals surface area contributed by atoms with Crippen molar-refractivity contribution in [2.75, 3.05) is 37.3 Å². The van der Waals surface area contributed by atoms with E-state index in [-0.39, 0.29) is 0 Å². The largest absolute Gasteiger partial charge is 0.397 e. The van der Waals surface area contributed by atoms with Gasteiger partial charge in [-0.05, 0) is 32.5 Å². The highest BCUT2D eigenvalue weighted by Gasteiger charge is 2.21. The summed E-state index contributed by atoms with van der Waals surface area (Å²) in [6.07, 6.45) is 1.76. The number of aryl methyl sites for hydroxylation is 1. The summed E-state index contributed by atoms with van der Waals surface area (Å²) < 4.78 is 0. The molecule has 1 aromatic rings. The minimum atomic E-state index is 0.577. The maximum absolute atomic E-state index is 5.78. The van der Waals surface area contributed by atoms with Gasteiger partial charge in [-0.25, -0.2) is 4.98 Å². The number of likely N-dealkylation sites (N-methyl/N-ethyl adjacent to an activating group) is 1. The molecule has 4 heteroatoms. The summed E-state index contributed by atoms with van der Waals surface area (Å²) in [4.78, 5) is 9.11. The maximum Gasteiger partial charge on any atom is 0.128 e. The summed E-state index contributed by atoms with van der Waals surface area (Å²) in [6, 6.07) is 2.65. The van der Waals surface area contributed by atoms with Crippen molar-refractivity contribution in [3.63, 3.8) is 0 Å². The predicted molar refractivity (Wildman–Crippen MR) is 67.7 cm³/mol. The molecule has 2 N–H and O–H groups in total. The number of hydrogen-bond donors (Lipinski definition) is 1. The molecule has 1 aromatic heterocycles. The van der Waals surface area contributed by atoms with Crippen LogP contribution in [0.25, 0.3) is 0 Å². The first-order valence-corrected chi connectivity index (χ1v) is 5.75. The van der Waals surface area contributed by atoms with E-state index in [2.05, 4.69) is 34.8 Å². The van der Waals surface area contributed by atoms with Crippen LogP contribution in [0.1, 0.15) is 12.5 Å². The van der Waals surface area contributed by atoms with Crippen LogP contribution >= 0.6 is 0 Å². The number of nitrogen functional groups attached to an aromatic ring is 1. The summed E-state index contributed by atoms with van der Waals surface area (Å²) in [5.41, 5.74) is 7.66. The van der Waals surface area contributed by atoms with Crippen molar-refractivity contribution in [2.24, 2.45) is 0 Å². The molecule has 0 saturated carbocycles. The molecule has 0 radical (unpaired) electrons. The molecule has 1 fully saturated rings. The molecule has 2 rings (SSSR count). The molecule has 1 unspecified atom stereocenters. The zero-order chi connectivity index (χ0) is 11.7. The van der Waals surface area contributed by atoms with Gasteiger partial charge >= 0.3 is 0 Å². The van der Waals surface area contributed by atoms with Crippen molar-refractivity contribution in [2.45, 2.75) is 19.9 Å². The van der Waals surface area contributed by atoms with E-state index in [4.69, 9.17) is 5.73 Å². The van der Waals surface area contributed by atoms with Crippen LogP contribution in [0.2, 0.25) is 0 Å². The van der Waals surface area contributed by atoms with Crippen molar-refractivity contribution < 1.29 is 0 Å². The van der Waals surface area contributed by atoms with Crippen molar-refractivity contribution in [1.82, 2.24) is 9.88 Å². The first-order chi connectivity index (χ1) is 7.58. The molecule has 1 saturated heterocycles. The summed E-state index contributed by atoms with van der Waals surface area (Å²) in [6.45, 7) is 7.44. The molecule has 0 aliphatic carbocycles. The number of rotatable bonds is 1. The van der Waals surface area contributed by atoms with Gasteiger partial charge in [-0.15, -0.1) is 0 Å². The quantitative estimate of drug-likeness (QED) is 0.770. The van der Waals surface area contributed by atoms with Gasteiger partial charge in [-0.2, -0.15) is 0 Å². The van der Waals surface area contributed by atoms with E-state index < -0.39 is 0 Å². The zero-order valence-corrected chi connectivity index (χ0v) is 10.3. The molecule has 0 spiro atoms. The van der Waals surface area contributed by atoms with Crippen LogP contribution in [-0.4, -0.2) is 42.6 Å². The Kier molecular flexibility index (Phi) is 3.01. The van der Waals surface area contributed by atoms with E-state index in [1.165, 1.54) is 0 Å². The van der Waals surface area contributed by atoms with Crippen LogP contribution in [0.5, 0.6) is 0 Å². The van der Waals surface area contributed by atoms with Gasteiger partial charge in [0.25, 0.3) is 0 Å². The van der Waals surface area contributed by atoms with Crippen LogP contribution in [-0.2, 0) is 0 Å². The first-order valence-electron chi connectivity index (χ1n) is 5.75. The Morgan fingerprint density at radius 2 is 2.19 bits per heavy atom. The molecular weight excluding hydrogens is 200 g/mol. The molecule has 1 atom stereocenters. The fourth-order valence-corrected chi connectivity index (χ4v) is 1.98. The van der Waals surface area contributed by atoms with Crippen LogP contribution in [0, 0.1) is 6.92 Å². The number of hydrogen-bond acceptors (Lipinski definition) is 4. The Balaban J connectivity index is 2.15. The Morgan fingerprint density at radius 1 is 1.44 bits per heavy atom. The highest BCUT2D eigenvalue weighted by atomic mass is 15.3. The van der Waals surface area contributed by atoms with Crippen molar-refractivity contribution in [3.05, 3.63) is 17.8 Å². The second-order valence-electron chi connectivity index (χ2n) is 4.67. The van der Waals surface area contributed by atoms with E-state index in [1.54, 1.807) is 6.20 Å². The van der Waals surface area contributed by atoms with Crippen molar-refractivity contribution >= 4 is 11.5 Å². The average molecular weight is 220 g/mol. The second kappa shape index (κ2) is 4.29. The lowest BCUT2D eigenvalue weighted by Gasteiger charge is -2.38. The highest BCUT2D eigenvalue weighted by molar-refractivity contribution is 5.52. The minimum Gasteiger partial charge on any atom is -0.397 e. The van der Waals surface area contributed by atoms with E-state index in [1.807, 2.05) is 6.92 Å². The summed E-state index contributed by atoms with van der Waals surface area (Å²) in [5.74, 6) is 1.05. The number of anilines is 2. The number of piperazine rings is 1. The fraction of sp³-hybridized carbons (Fsp3) is 0.583. The summed E-state index contributed by atoms with van der Waals surface area (Å²) in [5, 5.41) is 0. The smallest absolute Gasteiger partial charge is 0.128 e. The van der Waals surface area contributed by atoms with Crippen molar-refractivity contribution in [3.8, 4) is 0 Å². The lowest BCUT2D eigenvalue weighted by atomic mass is 10.2. The standard InChI is InChI=1S/C12H20N4/c1-9-6-12(14-7-11(9)13)16-5-4-15(3)10(2)8-16/h6-7,10H,4-5,8,13H2,1-3H3. The third kappa shape index (κ3) is 2.11. The first kappa shape index (κ1) is 11.2. The van der Waals surface area contributed by atoms with Crippen LogP contribution in [0.3, 0.4) is 0 Å². The number of nitrogens with two attached hydrogens (primary N) is 1. The van der Waals surface area contributed by atoms with Crippen LogP contribution < -0.4 is 10.6 Å². The molecule has 1 aliphatic rings. The number of aromatic nitrogens is 1. The maximum atomic E-state index is 5.78. The van der Waals surface area contributed by atoms with Crippen LogP contribution in [0.4, 0.5) is 11.5 Å². The topological polar surface area (TPSA) is 45.4 Å². The molecule has 0 bridgehead atoms. The van der Waals surface area contributed by atoms with Gasteiger partial charge in [-0.3, -0.25) is 0 Å². The third-order valence-electron chi connectivity index (χ3n) is 3.42. The summed E-state index contributed by atoms with van der Waals surface area (Å²) in [7, 11) is 2.17. The molecule has 16 heavy (non-hydrogen) atoms. The minimum absolute atomic E-state index is 0.577. The van der Waals surface area contributed by atoms with E-state index in [0.29, 0.717) is 6.04 Å². The molecule has 2 heterocycles. The van der Waals surface area contributed by atoms with Crippen LogP contribution in [0.15, 0.2) is 12.3 Å². The Morgan fingerprint density at radius 3 is 2.81 bits per heavy atom. The lowest BCUT2D eigenvalue weighted by Crippen LogP contribution is -2.50. The van der Waals surface area contributed by atoms with Crippen molar-refractivity contribution in [1.29, 1.82) is 0 Å². The monoisotopic (exact) mass is 220 g/mol. The fourth-order valence-electron chi connectivity index (χ4n) is 1.98. The number of pyridine rings is 1. The molecule has 88 valence electrons. The van der Waals surface area contributed by atoms with Gasteiger partial charge in [0.2, 0.25) is 0 Å². The van der Waals surface area contributed by atoms with Gasteiger partial charge in [0.05, 0.1) is 11.9 Å². The number of nitrogens with zero attached hydrogens (tertiary/aromatic N) is 3. The van der Waals surface area contributed by atoms with Gasteiger partial charge in [-0.1, -0.05) is 0 Å². The lowest BCUT2D eigenvalue weighted by molar-refractivity contribution is 0.233. The Hall–Kier alpha value is -1.29. The zero-order valence-electron chi connectivity index (χ0n) is 10.3. The SMILES string of the molecule is Cc1cc(N2CCN(C)C(C)C2)ncc1N. The predicted octanol–water partition coefficient (Wildman–Crippen LogP) is 1.11. The second-order valence-corrected chi connectivity index (χ2v) is 4.67. The molecule has 0 aromatic carbocycles. The Bertz CT molecular complexity index is 377. The van der Waals surface area contributed by atoms with Gasteiger partial charge in [0, 0.05) is 25.7 Å². The molecule has 0 amide bonds. The summed E-state index contributed by atoms with van der Waals surface area (Å²) >= 11 is 0. The highest BCUT2D eigenvalue weighted by Crippen LogP contribution is 2.19. The molecular formula is C12H20N4. The molecule has 1 aliphatic heterocycles.